The van der Waals surface area contributed by atoms with Crippen LogP contribution in [0.15, 0.2) is 34.1 Å². The maximum absolute atomic E-state index is 12.4. The highest BCUT2D eigenvalue weighted by molar-refractivity contribution is 5.87. The predicted octanol–water partition coefficient (Wildman–Crippen LogP) is 3.36. The summed E-state index contributed by atoms with van der Waals surface area (Å²) in [6.07, 6.45) is 1.89. The summed E-state index contributed by atoms with van der Waals surface area (Å²) in [5, 5.41) is 30.7. The van der Waals surface area contributed by atoms with E-state index in [1.165, 1.54) is 29.0 Å². The Morgan fingerprint density at radius 2 is 2.19 bits per heavy atom. The SMILES string of the molecule is CCC(C)n1c(O)c(C=Nc2cccc([N+](=O)[O-])c2)c(C)c(C#N)c1=O. The van der Waals surface area contributed by atoms with Gasteiger partial charge in [-0.05, 0) is 31.9 Å². The van der Waals surface area contributed by atoms with E-state index in [0.29, 0.717) is 17.7 Å². The number of rotatable bonds is 5. The molecule has 1 aromatic carbocycles. The summed E-state index contributed by atoms with van der Waals surface area (Å²) in [6, 6.07) is 7.28. The summed E-state index contributed by atoms with van der Waals surface area (Å²) in [5.41, 5.74) is 0.130. The number of nitro groups is 1. The maximum atomic E-state index is 12.4. The summed E-state index contributed by atoms with van der Waals surface area (Å²) in [5.74, 6) is -0.282. The molecule has 1 heterocycles. The molecule has 0 aliphatic rings. The summed E-state index contributed by atoms with van der Waals surface area (Å²) in [7, 11) is 0. The van der Waals surface area contributed by atoms with Crippen molar-refractivity contribution in [3.8, 4) is 11.9 Å². The van der Waals surface area contributed by atoms with E-state index in [2.05, 4.69) is 4.99 Å². The van der Waals surface area contributed by atoms with Gasteiger partial charge in [0, 0.05) is 24.4 Å². The number of benzene rings is 1. The molecular weight excluding hydrogens is 336 g/mol. The van der Waals surface area contributed by atoms with Gasteiger partial charge < -0.3 is 5.11 Å². The van der Waals surface area contributed by atoms with Crippen LogP contribution < -0.4 is 5.56 Å². The first-order chi connectivity index (χ1) is 12.3. The molecule has 2 rings (SSSR count). The fourth-order valence-electron chi connectivity index (χ4n) is 2.51. The minimum Gasteiger partial charge on any atom is -0.494 e. The Morgan fingerprint density at radius 3 is 2.77 bits per heavy atom. The molecule has 8 nitrogen and oxygen atoms in total. The monoisotopic (exact) mass is 354 g/mol. The number of aromatic hydroxyl groups is 1. The van der Waals surface area contributed by atoms with Gasteiger partial charge in [-0.1, -0.05) is 13.0 Å². The van der Waals surface area contributed by atoms with Gasteiger partial charge in [0.2, 0.25) is 5.88 Å². The van der Waals surface area contributed by atoms with E-state index in [4.69, 9.17) is 0 Å². The molecule has 0 bridgehead atoms. The Kier molecular flexibility index (Phi) is 5.52. The van der Waals surface area contributed by atoms with Crippen LogP contribution >= 0.6 is 0 Å². The number of pyridine rings is 1. The van der Waals surface area contributed by atoms with Crippen LogP contribution in [0.25, 0.3) is 0 Å². The molecule has 1 atom stereocenters. The van der Waals surface area contributed by atoms with Crippen molar-refractivity contribution in [1.29, 1.82) is 5.26 Å². The lowest BCUT2D eigenvalue weighted by Gasteiger charge is -2.18. The van der Waals surface area contributed by atoms with Gasteiger partial charge in [0.25, 0.3) is 11.2 Å². The Hall–Kier alpha value is -3.47. The summed E-state index contributed by atoms with van der Waals surface area (Å²) >= 11 is 0. The zero-order valence-corrected chi connectivity index (χ0v) is 14.6. The van der Waals surface area contributed by atoms with Gasteiger partial charge in [-0.15, -0.1) is 0 Å². The van der Waals surface area contributed by atoms with Crippen LogP contribution in [-0.2, 0) is 0 Å². The van der Waals surface area contributed by atoms with Crippen LogP contribution in [0.2, 0.25) is 0 Å². The summed E-state index contributed by atoms with van der Waals surface area (Å²) < 4.78 is 1.17. The lowest BCUT2D eigenvalue weighted by molar-refractivity contribution is -0.384. The lowest BCUT2D eigenvalue weighted by Crippen LogP contribution is -2.27. The third-order valence-electron chi connectivity index (χ3n) is 4.21. The number of aromatic nitrogens is 1. The Morgan fingerprint density at radius 1 is 1.50 bits per heavy atom. The Labute approximate surface area is 149 Å². The normalized spacial score (nSPS) is 12.1. The minimum atomic E-state index is -0.552. The molecule has 0 fully saturated rings. The minimum absolute atomic E-state index is 0.0661. The van der Waals surface area contributed by atoms with Crippen molar-refractivity contribution in [2.24, 2.45) is 4.99 Å². The van der Waals surface area contributed by atoms with E-state index in [-0.39, 0.29) is 28.7 Å². The molecule has 1 unspecified atom stereocenters. The van der Waals surface area contributed by atoms with Crippen molar-refractivity contribution in [1.82, 2.24) is 4.57 Å². The molecule has 0 aliphatic carbocycles. The number of hydrogen-bond acceptors (Lipinski definition) is 6. The van der Waals surface area contributed by atoms with Crippen LogP contribution in [0.5, 0.6) is 5.88 Å². The molecule has 0 amide bonds. The first-order valence-electron chi connectivity index (χ1n) is 7.98. The third kappa shape index (κ3) is 3.47. The molecule has 8 heteroatoms. The van der Waals surface area contributed by atoms with Crippen molar-refractivity contribution in [3.63, 3.8) is 0 Å². The number of nitriles is 1. The molecule has 134 valence electrons. The topological polar surface area (TPSA) is 122 Å². The average molecular weight is 354 g/mol. The second kappa shape index (κ2) is 7.61. The van der Waals surface area contributed by atoms with E-state index in [1.54, 1.807) is 19.9 Å². The lowest BCUT2D eigenvalue weighted by atomic mass is 10.0. The van der Waals surface area contributed by atoms with Crippen molar-refractivity contribution in [2.75, 3.05) is 0 Å². The van der Waals surface area contributed by atoms with Gasteiger partial charge in [0.15, 0.2) is 0 Å². The van der Waals surface area contributed by atoms with Crippen LogP contribution in [0, 0.1) is 28.4 Å². The van der Waals surface area contributed by atoms with Gasteiger partial charge in [-0.2, -0.15) is 5.26 Å². The fraction of sp³-hybridized carbons (Fsp3) is 0.278. The van der Waals surface area contributed by atoms with E-state index in [0.717, 1.165) is 0 Å². The molecular formula is C18H18N4O4. The molecule has 1 N–H and O–H groups in total. The maximum Gasteiger partial charge on any atom is 0.271 e. The van der Waals surface area contributed by atoms with Gasteiger partial charge in [0.1, 0.15) is 11.6 Å². The van der Waals surface area contributed by atoms with E-state index >= 15 is 0 Å². The van der Waals surface area contributed by atoms with E-state index in [9.17, 15) is 25.3 Å². The number of nitrogens with zero attached hydrogens (tertiary/aromatic N) is 4. The Balaban J connectivity index is 2.63. The largest absolute Gasteiger partial charge is 0.494 e. The number of hydrogen-bond donors (Lipinski definition) is 1. The highest BCUT2D eigenvalue weighted by atomic mass is 16.6. The number of nitro benzene ring substituents is 1. The van der Waals surface area contributed by atoms with Crippen molar-refractivity contribution < 1.29 is 10.0 Å². The third-order valence-corrected chi connectivity index (χ3v) is 4.21. The molecule has 0 saturated carbocycles. The van der Waals surface area contributed by atoms with Gasteiger partial charge >= 0.3 is 0 Å². The molecule has 0 saturated heterocycles. The van der Waals surface area contributed by atoms with Crippen LogP contribution in [-0.4, -0.2) is 20.8 Å². The molecule has 0 aliphatic heterocycles. The molecule has 1 aromatic heterocycles. The smallest absolute Gasteiger partial charge is 0.271 e. The van der Waals surface area contributed by atoms with Gasteiger partial charge in [-0.25, -0.2) is 0 Å². The quantitative estimate of drug-likeness (QED) is 0.501. The van der Waals surface area contributed by atoms with E-state index in [1.807, 2.05) is 13.0 Å². The Bertz CT molecular complexity index is 986. The van der Waals surface area contributed by atoms with Crippen molar-refractivity contribution >= 4 is 17.6 Å². The first kappa shape index (κ1) is 18.9. The molecule has 2 aromatic rings. The van der Waals surface area contributed by atoms with Crippen LogP contribution in [0.3, 0.4) is 0 Å². The van der Waals surface area contributed by atoms with Gasteiger partial charge in [-0.3, -0.25) is 24.5 Å². The second-order valence-electron chi connectivity index (χ2n) is 5.82. The molecule has 26 heavy (non-hydrogen) atoms. The highest BCUT2D eigenvalue weighted by Crippen LogP contribution is 2.26. The zero-order chi connectivity index (χ0) is 19.4. The predicted molar refractivity (Wildman–Crippen MR) is 97.2 cm³/mol. The fourth-order valence-corrected chi connectivity index (χ4v) is 2.51. The highest BCUT2D eigenvalue weighted by Gasteiger charge is 2.20. The van der Waals surface area contributed by atoms with Crippen molar-refractivity contribution in [2.45, 2.75) is 33.2 Å². The van der Waals surface area contributed by atoms with Crippen molar-refractivity contribution in [3.05, 3.63) is 61.4 Å². The number of aliphatic imine (C=N–C) groups is 1. The van der Waals surface area contributed by atoms with Crippen LogP contribution in [0.1, 0.15) is 43.0 Å². The summed E-state index contributed by atoms with van der Waals surface area (Å²) in [6.45, 7) is 5.17. The first-order valence-corrected chi connectivity index (χ1v) is 7.98. The number of non-ortho nitro benzene ring substituents is 1. The molecule has 0 radical (unpaired) electrons. The standard InChI is InChI=1S/C18H18N4O4/c1-4-11(2)21-17(23)15(9-19)12(3)16(18(21)24)10-20-13-6-5-7-14(8-13)22(25)26/h5-8,10-11,24H,4H2,1-3H3. The second-order valence-corrected chi connectivity index (χ2v) is 5.82. The van der Waals surface area contributed by atoms with Gasteiger partial charge in [0.05, 0.1) is 16.2 Å². The molecule has 0 spiro atoms. The summed E-state index contributed by atoms with van der Waals surface area (Å²) in [4.78, 5) is 26.9. The van der Waals surface area contributed by atoms with E-state index < -0.39 is 10.5 Å². The van der Waals surface area contributed by atoms with Crippen LogP contribution in [0.4, 0.5) is 11.4 Å². The average Bonchev–Trinajstić information content (AvgIpc) is 2.61. The zero-order valence-electron chi connectivity index (χ0n) is 14.6.